The summed E-state index contributed by atoms with van der Waals surface area (Å²) in [5, 5.41) is 11.7. The van der Waals surface area contributed by atoms with Crippen LogP contribution in [0, 0.1) is 0 Å². The van der Waals surface area contributed by atoms with Crippen LogP contribution in [0.4, 0.5) is 0 Å². The summed E-state index contributed by atoms with van der Waals surface area (Å²) in [7, 11) is 0. The molecule has 120 valence electrons. The third-order valence-corrected chi connectivity index (χ3v) is 4.06. The fourth-order valence-electron chi connectivity index (χ4n) is 2.35. The van der Waals surface area contributed by atoms with Gasteiger partial charge in [-0.05, 0) is 47.3 Å². The lowest BCUT2D eigenvalue weighted by molar-refractivity contribution is -0.0224. The van der Waals surface area contributed by atoms with Crippen LogP contribution in [0.2, 0.25) is 10.0 Å². The predicted octanol–water partition coefficient (Wildman–Crippen LogP) is 3.20. The van der Waals surface area contributed by atoms with Crippen molar-refractivity contribution in [2.75, 3.05) is 0 Å². The van der Waals surface area contributed by atoms with E-state index in [-0.39, 0.29) is 0 Å². The molecule has 6 heteroatoms. The van der Waals surface area contributed by atoms with Crippen molar-refractivity contribution in [1.82, 2.24) is 4.98 Å². The van der Waals surface area contributed by atoms with Crippen LogP contribution in [0.5, 0.6) is 0 Å². The Bertz CT molecular complexity index is 737. The second-order valence-corrected chi connectivity index (χ2v) is 6.10. The Labute approximate surface area is 151 Å². The van der Waals surface area contributed by atoms with Crippen LogP contribution in [-0.2, 0) is 4.65 Å². The van der Waals surface area contributed by atoms with Crippen molar-refractivity contribution in [3.05, 3.63) is 88.7 Å². The van der Waals surface area contributed by atoms with Gasteiger partial charge in [-0.3, -0.25) is 4.98 Å². The summed E-state index contributed by atoms with van der Waals surface area (Å²) in [5.74, 6) is 0. The second kappa shape index (κ2) is 7.82. The smallest absolute Gasteiger partial charge is 0.364 e. The Morgan fingerprint density at radius 1 is 0.833 bits per heavy atom. The van der Waals surface area contributed by atoms with Gasteiger partial charge in [0.2, 0.25) is 0 Å². The molecule has 0 aliphatic heterocycles. The Kier molecular flexibility index (Phi) is 5.54. The molecule has 1 aromatic heterocycles. The van der Waals surface area contributed by atoms with Crippen LogP contribution >= 0.6 is 23.2 Å². The second-order valence-electron chi connectivity index (χ2n) is 5.23. The molecule has 3 rings (SSSR count). The van der Waals surface area contributed by atoms with Crippen molar-refractivity contribution in [3.8, 4) is 0 Å². The van der Waals surface area contributed by atoms with E-state index in [4.69, 9.17) is 27.9 Å². The Balaban J connectivity index is 1.92. The minimum atomic E-state index is -1.15. The first kappa shape index (κ1) is 17.0. The first-order valence-electron chi connectivity index (χ1n) is 7.39. The number of aliphatic hydroxyl groups excluding tert-OH is 1. The number of benzene rings is 2. The van der Waals surface area contributed by atoms with Crippen LogP contribution in [0.15, 0.2) is 72.9 Å². The number of hydrogen-bond donors (Lipinski definition) is 1. The van der Waals surface area contributed by atoms with Gasteiger partial charge >= 0.3 is 6.92 Å². The Morgan fingerprint density at radius 2 is 1.38 bits per heavy atom. The molecule has 3 nitrogen and oxygen atoms in total. The van der Waals surface area contributed by atoms with Crippen molar-refractivity contribution < 1.29 is 9.76 Å². The summed E-state index contributed by atoms with van der Waals surface area (Å²) < 4.78 is 5.90. The molecule has 0 amide bonds. The molecule has 0 aliphatic carbocycles. The number of rotatable bonds is 5. The summed E-state index contributed by atoms with van der Waals surface area (Å²) >= 11 is 11.9. The van der Waals surface area contributed by atoms with Gasteiger partial charge in [0.15, 0.2) is 6.29 Å². The molecule has 0 spiro atoms. The van der Waals surface area contributed by atoms with E-state index >= 15 is 0 Å². The van der Waals surface area contributed by atoms with E-state index in [0.717, 1.165) is 10.9 Å². The van der Waals surface area contributed by atoms with Crippen LogP contribution in [0.1, 0.15) is 12.0 Å². The zero-order valence-corrected chi connectivity index (χ0v) is 14.2. The number of pyridine rings is 1. The molecule has 3 aromatic rings. The third kappa shape index (κ3) is 4.16. The lowest BCUT2D eigenvalue weighted by atomic mass is 9.55. The highest BCUT2D eigenvalue weighted by Gasteiger charge is 2.25. The molecule has 2 aromatic carbocycles. The minimum Gasteiger partial charge on any atom is -0.397 e. The molecular weight excluding hydrogens is 344 g/mol. The first-order chi connectivity index (χ1) is 11.6. The highest BCUT2D eigenvalue weighted by Crippen LogP contribution is 2.14. The minimum absolute atomic E-state index is 0.449. The summed E-state index contributed by atoms with van der Waals surface area (Å²) in [6, 6.07) is 19.9. The summed E-state index contributed by atoms with van der Waals surface area (Å²) in [5.41, 5.74) is 2.19. The summed E-state index contributed by atoms with van der Waals surface area (Å²) in [6.45, 7) is -0.475. The number of aromatic nitrogens is 1. The van der Waals surface area contributed by atoms with Gasteiger partial charge in [0.1, 0.15) is 0 Å². The van der Waals surface area contributed by atoms with E-state index in [1.807, 2.05) is 24.3 Å². The number of hydrogen-bond acceptors (Lipinski definition) is 3. The Morgan fingerprint density at radius 3 is 1.83 bits per heavy atom. The van der Waals surface area contributed by atoms with E-state index in [0.29, 0.717) is 15.7 Å². The van der Waals surface area contributed by atoms with Gasteiger partial charge in [0.05, 0.1) is 5.69 Å². The van der Waals surface area contributed by atoms with E-state index in [1.54, 1.807) is 48.7 Å². The summed E-state index contributed by atoms with van der Waals surface area (Å²) in [6.07, 6.45) is 0.462. The van der Waals surface area contributed by atoms with Gasteiger partial charge in [-0.25, -0.2) is 0 Å². The SMILES string of the molecule is OC(OB(c1ccc(Cl)cc1)c1ccc(Cl)cc1)c1ccccn1. The zero-order valence-electron chi connectivity index (χ0n) is 12.6. The van der Waals surface area contributed by atoms with Crippen molar-refractivity contribution in [3.63, 3.8) is 0 Å². The van der Waals surface area contributed by atoms with Crippen molar-refractivity contribution >= 4 is 41.0 Å². The molecule has 0 saturated carbocycles. The molecule has 0 aliphatic rings. The maximum absolute atomic E-state index is 10.4. The number of aliphatic hydroxyl groups is 1. The van der Waals surface area contributed by atoms with Gasteiger partial charge in [-0.1, -0.05) is 53.5 Å². The molecule has 1 unspecified atom stereocenters. The van der Waals surface area contributed by atoms with Gasteiger partial charge < -0.3 is 9.76 Å². The topological polar surface area (TPSA) is 42.4 Å². The number of halogens is 2. The molecule has 1 atom stereocenters. The summed E-state index contributed by atoms with van der Waals surface area (Å²) in [4.78, 5) is 4.13. The molecule has 1 heterocycles. The van der Waals surface area contributed by atoms with Crippen molar-refractivity contribution in [1.29, 1.82) is 0 Å². The molecule has 0 bridgehead atoms. The van der Waals surface area contributed by atoms with Gasteiger partial charge in [0, 0.05) is 16.2 Å². The van der Waals surface area contributed by atoms with E-state index < -0.39 is 13.2 Å². The molecule has 24 heavy (non-hydrogen) atoms. The zero-order chi connectivity index (χ0) is 16.9. The van der Waals surface area contributed by atoms with E-state index in [1.165, 1.54) is 0 Å². The maximum atomic E-state index is 10.4. The lowest BCUT2D eigenvalue weighted by Crippen LogP contribution is -2.45. The fourth-order valence-corrected chi connectivity index (χ4v) is 2.60. The van der Waals surface area contributed by atoms with E-state index in [9.17, 15) is 5.11 Å². The van der Waals surface area contributed by atoms with E-state index in [2.05, 4.69) is 4.98 Å². The van der Waals surface area contributed by atoms with Crippen LogP contribution < -0.4 is 10.9 Å². The first-order valence-corrected chi connectivity index (χ1v) is 8.14. The van der Waals surface area contributed by atoms with Crippen LogP contribution in [-0.4, -0.2) is 17.0 Å². The lowest BCUT2D eigenvalue weighted by Gasteiger charge is -2.19. The molecule has 0 radical (unpaired) electrons. The van der Waals surface area contributed by atoms with Gasteiger partial charge in [-0.2, -0.15) is 0 Å². The highest BCUT2D eigenvalue weighted by molar-refractivity contribution is 6.80. The third-order valence-electron chi connectivity index (χ3n) is 3.55. The van der Waals surface area contributed by atoms with Crippen molar-refractivity contribution in [2.45, 2.75) is 6.29 Å². The Hall–Kier alpha value is -1.85. The quantitative estimate of drug-likeness (QED) is 0.563. The number of nitrogens with zero attached hydrogens (tertiary/aromatic N) is 1. The maximum Gasteiger partial charge on any atom is 0.364 e. The van der Waals surface area contributed by atoms with Crippen molar-refractivity contribution in [2.24, 2.45) is 0 Å². The predicted molar refractivity (Wildman–Crippen MR) is 98.2 cm³/mol. The largest absolute Gasteiger partial charge is 0.397 e. The van der Waals surface area contributed by atoms with Crippen LogP contribution in [0.25, 0.3) is 0 Å². The molecule has 0 fully saturated rings. The van der Waals surface area contributed by atoms with Gasteiger partial charge in [-0.15, -0.1) is 0 Å². The standard InChI is InChI=1S/C18H14BCl2NO2/c20-15-8-4-13(5-9-15)19(14-6-10-16(21)11-7-14)24-18(23)17-3-1-2-12-22-17/h1-12,18,23H. The van der Waals surface area contributed by atoms with Crippen LogP contribution in [0.3, 0.4) is 0 Å². The monoisotopic (exact) mass is 357 g/mol. The molecule has 0 saturated heterocycles. The highest BCUT2D eigenvalue weighted by atomic mass is 35.5. The van der Waals surface area contributed by atoms with Gasteiger partial charge in [0.25, 0.3) is 0 Å². The normalized spacial score (nSPS) is 12.0. The fraction of sp³-hybridized carbons (Fsp3) is 0.0556. The molecular formula is C18H14BCl2NO2. The average Bonchev–Trinajstić information content (AvgIpc) is 2.62. The molecule has 1 N–H and O–H groups in total. The average molecular weight is 358 g/mol.